The van der Waals surface area contributed by atoms with Crippen molar-refractivity contribution in [2.45, 2.75) is 19.4 Å². The van der Waals surface area contributed by atoms with Gasteiger partial charge in [-0.3, -0.25) is 4.79 Å². The highest BCUT2D eigenvalue weighted by atomic mass is 35.5. The summed E-state index contributed by atoms with van der Waals surface area (Å²) in [6.07, 6.45) is 0.872. The molecule has 0 spiro atoms. The minimum absolute atomic E-state index is 0.0129. The van der Waals surface area contributed by atoms with Crippen molar-refractivity contribution in [3.05, 3.63) is 11.6 Å². The summed E-state index contributed by atoms with van der Waals surface area (Å²) in [4.78, 5) is 13.3. The third-order valence-corrected chi connectivity index (χ3v) is 2.23. The van der Waals surface area contributed by atoms with Gasteiger partial charge < -0.3 is 10.2 Å². The standard InChI is InChI=1S/C9H15ClN2O/c1-3-11-8-4-5-12(9(8)13)6-7(2)10/h8,11H,2-6H2,1H3. The first-order chi connectivity index (χ1) is 6.15. The van der Waals surface area contributed by atoms with E-state index in [1.807, 2.05) is 6.92 Å². The van der Waals surface area contributed by atoms with Crippen LogP contribution in [0.4, 0.5) is 0 Å². The summed E-state index contributed by atoms with van der Waals surface area (Å²) >= 11 is 5.64. The summed E-state index contributed by atoms with van der Waals surface area (Å²) in [5.74, 6) is 0.142. The maximum Gasteiger partial charge on any atom is 0.240 e. The Kier molecular flexibility index (Phi) is 3.75. The van der Waals surface area contributed by atoms with Crippen molar-refractivity contribution in [2.75, 3.05) is 19.6 Å². The molecular formula is C9H15ClN2O. The van der Waals surface area contributed by atoms with Crippen LogP contribution in [0, 0.1) is 0 Å². The number of nitrogens with zero attached hydrogens (tertiary/aromatic N) is 1. The fraction of sp³-hybridized carbons (Fsp3) is 0.667. The Bertz CT molecular complexity index is 218. The lowest BCUT2D eigenvalue weighted by atomic mass is 10.2. The minimum Gasteiger partial charge on any atom is -0.336 e. The number of likely N-dealkylation sites (tertiary alicyclic amines) is 1. The van der Waals surface area contributed by atoms with Crippen LogP contribution in [0.1, 0.15) is 13.3 Å². The van der Waals surface area contributed by atoms with E-state index in [1.165, 1.54) is 0 Å². The normalized spacial score (nSPS) is 22.5. The number of halogens is 1. The van der Waals surface area contributed by atoms with Crippen molar-refractivity contribution in [1.29, 1.82) is 0 Å². The molecule has 0 radical (unpaired) electrons. The van der Waals surface area contributed by atoms with E-state index in [0.29, 0.717) is 11.6 Å². The van der Waals surface area contributed by atoms with Crippen molar-refractivity contribution in [3.63, 3.8) is 0 Å². The first-order valence-electron chi connectivity index (χ1n) is 4.50. The fourth-order valence-electron chi connectivity index (χ4n) is 1.54. The first kappa shape index (κ1) is 10.5. The summed E-state index contributed by atoms with van der Waals surface area (Å²) in [5, 5.41) is 3.65. The highest BCUT2D eigenvalue weighted by molar-refractivity contribution is 6.29. The lowest BCUT2D eigenvalue weighted by Gasteiger charge is -2.15. The van der Waals surface area contributed by atoms with Crippen molar-refractivity contribution < 1.29 is 4.79 Å². The predicted molar refractivity (Wildman–Crippen MR) is 53.7 cm³/mol. The van der Waals surface area contributed by atoms with E-state index in [-0.39, 0.29) is 11.9 Å². The summed E-state index contributed by atoms with van der Waals surface area (Å²) in [6.45, 7) is 7.65. The number of hydrogen-bond donors (Lipinski definition) is 1. The average molecular weight is 203 g/mol. The smallest absolute Gasteiger partial charge is 0.240 e. The van der Waals surface area contributed by atoms with E-state index >= 15 is 0 Å². The Labute approximate surface area is 83.7 Å². The van der Waals surface area contributed by atoms with Crippen LogP contribution in [0.15, 0.2) is 11.6 Å². The number of amides is 1. The molecule has 1 N–H and O–H groups in total. The van der Waals surface area contributed by atoms with Crippen molar-refractivity contribution in [1.82, 2.24) is 10.2 Å². The van der Waals surface area contributed by atoms with Crippen molar-refractivity contribution in [2.24, 2.45) is 0 Å². The van der Waals surface area contributed by atoms with E-state index in [1.54, 1.807) is 4.90 Å². The highest BCUT2D eigenvalue weighted by Gasteiger charge is 2.30. The molecule has 1 atom stereocenters. The van der Waals surface area contributed by atoms with E-state index in [4.69, 9.17) is 11.6 Å². The molecule has 0 aromatic rings. The van der Waals surface area contributed by atoms with Gasteiger partial charge in [0.2, 0.25) is 5.91 Å². The van der Waals surface area contributed by atoms with Gasteiger partial charge >= 0.3 is 0 Å². The molecule has 1 heterocycles. The van der Waals surface area contributed by atoms with E-state index < -0.39 is 0 Å². The van der Waals surface area contributed by atoms with Crippen LogP contribution in [-0.2, 0) is 4.79 Å². The molecule has 1 amide bonds. The van der Waals surface area contributed by atoms with Gasteiger partial charge in [0.05, 0.1) is 12.6 Å². The highest BCUT2D eigenvalue weighted by Crippen LogP contribution is 2.13. The Hall–Kier alpha value is -0.540. The second-order valence-electron chi connectivity index (χ2n) is 3.18. The Morgan fingerprint density at radius 1 is 1.85 bits per heavy atom. The summed E-state index contributed by atoms with van der Waals surface area (Å²) in [6, 6.07) is -0.0129. The molecule has 1 aliphatic rings. The number of nitrogens with one attached hydrogen (secondary N) is 1. The molecule has 0 bridgehead atoms. The quantitative estimate of drug-likeness (QED) is 0.737. The maximum absolute atomic E-state index is 11.6. The van der Waals surface area contributed by atoms with E-state index in [2.05, 4.69) is 11.9 Å². The van der Waals surface area contributed by atoms with Crippen LogP contribution in [0.2, 0.25) is 0 Å². The topological polar surface area (TPSA) is 32.3 Å². The Morgan fingerprint density at radius 3 is 3.08 bits per heavy atom. The van der Waals surface area contributed by atoms with Crippen LogP contribution in [0.25, 0.3) is 0 Å². The third kappa shape index (κ3) is 2.71. The van der Waals surface area contributed by atoms with Crippen molar-refractivity contribution >= 4 is 17.5 Å². The molecule has 1 saturated heterocycles. The molecule has 1 rings (SSSR count). The average Bonchev–Trinajstić information content (AvgIpc) is 2.36. The molecule has 1 aliphatic heterocycles. The molecule has 0 saturated carbocycles. The van der Waals surface area contributed by atoms with Gasteiger partial charge in [-0.2, -0.15) is 0 Å². The van der Waals surface area contributed by atoms with Gasteiger partial charge in [-0.1, -0.05) is 25.1 Å². The van der Waals surface area contributed by atoms with Crippen LogP contribution < -0.4 is 5.32 Å². The number of carbonyl (C=O) groups is 1. The van der Waals surface area contributed by atoms with Crippen molar-refractivity contribution in [3.8, 4) is 0 Å². The molecule has 13 heavy (non-hydrogen) atoms. The minimum atomic E-state index is -0.0129. The lowest BCUT2D eigenvalue weighted by Crippen LogP contribution is -2.38. The SMILES string of the molecule is C=C(Cl)CN1CCC(NCC)C1=O. The molecule has 0 aromatic heterocycles. The molecule has 74 valence electrons. The molecular weight excluding hydrogens is 188 g/mol. The van der Waals surface area contributed by atoms with Gasteiger partial charge in [0.1, 0.15) is 0 Å². The largest absolute Gasteiger partial charge is 0.336 e. The van der Waals surface area contributed by atoms with Gasteiger partial charge in [0, 0.05) is 11.6 Å². The number of likely N-dealkylation sites (N-methyl/N-ethyl adjacent to an activating group) is 1. The van der Waals surface area contributed by atoms with Gasteiger partial charge in [-0.05, 0) is 13.0 Å². The fourth-order valence-corrected chi connectivity index (χ4v) is 1.68. The second kappa shape index (κ2) is 4.63. The predicted octanol–water partition coefficient (Wildman–Crippen LogP) is 0.949. The zero-order valence-corrected chi connectivity index (χ0v) is 8.60. The van der Waals surface area contributed by atoms with Gasteiger partial charge in [-0.15, -0.1) is 0 Å². The van der Waals surface area contributed by atoms with Gasteiger partial charge in [0.15, 0.2) is 0 Å². The van der Waals surface area contributed by atoms with E-state index in [9.17, 15) is 4.79 Å². The lowest BCUT2D eigenvalue weighted by molar-refractivity contribution is -0.129. The second-order valence-corrected chi connectivity index (χ2v) is 3.71. The molecule has 1 unspecified atom stereocenters. The summed E-state index contributed by atoms with van der Waals surface area (Å²) in [5.41, 5.74) is 0. The zero-order chi connectivity index (χ0) is 9.84. The monoisotopic (exact) mass is 202 g/mol. The summed E-state index contributed by atoms with van der Waals surface area (Å²) in [7, 11) is 0. The van der Waals surface area contributed by atoms with Crippen LogP contribution in [0.3, 0.4) is 0 Å². The van der Waals surface area contributed by atoms with Gasteiger partial charge in [0.25, 0.3) is 0 Å². The Balaban J connectivity index is 2.45. The van der Waals surface area contributed by atoms with Crippen LogP contribution in [0.5, 0.6) is 0 Å². The molecule has 3 nitrogen and oxygen atoms in total. The molecule has 0 aliphatic carbocycles. The number of rotatable bonds is 4. The summed E-state index contributed by atoms with van der Waals surface area (Å²) < 4.78 is 0. The molecule has 0 aromatic carbocycles. The number of hydrogen-bond acceptors (Lipinski definition) is 2. The number of carbonyl (C=O) groups excluding carboxylic acids is 1. The zero-order valence-electron chi connectivity index (χ0n) is 7.85. The maximum atomic E-state index is 11.6. The Morgan fingerprint density at radius 2 is 2.54 bits per heavy atom. The molecule has 1 fully saturated rings. The molecule has 4 heteroatoms. The van der Waals surface area contributed by atoms with Crippen LogP contribution in [-0.4, -0.2) is 36.5 Å². The van der Waals surface area contributed by atoms with E-state index in [0.717, 1.165) is 19.5 Å². The third-order valence-electron chi connectivity index (χ3n) is 2.11. The first-order valence-corrected chi connectivity index (χ1v) is 4.88. The van der Waals surface area contributed by atoms with Gasteiger partial charge in [-0.25, -0.2) is 0 Å². The van der Waals surface area contributed by atoms with Crippen LogP contribution >= 0.6 is 11.6 Å².